The lowest BCUT2D eigenvalue weighted by molar-refractivity contribution is -0.882. The average molecular weight is 244 g/mol. The van der Waals surface area contributed by atoms with Crippen LogP contribution in [0.1, 0.15) is 17.3 Å². The summed E-state index contributed by atoms with van der Waals surface area (Å²) in [4.78, 5) is 16.4. The fourth-order valence-electron chi connectivity index (χ4n) is 1.72. The second-order valence-corrected chi connectivity index (χ2v) is 3.72. The van der Waals surface area contributed by atoms with Gasteiger partial charge in [-0.15, -0.1) is 0 Å². The minimum Gasteiger partial charge on any atom is -0.478 e. The first-order valence-electron chi connectivity index (χ1n) is 5.70. The lowest BCUT2D eigenvalue weighted by Gasteiger charge is -2.02. The maximum atomic E-state index is 11.0. The lowest BCUT2D eigenvalue weighted by Crippen LogP contribution is -2.44. The largest absolute Gasteiger partial charge is 0.478 e. The minimum atomic E-state index is -0.934. The van der Waals surface area contributed by atoms with Crippen LogP contribution in [0.5, 0.6) is 0 Å². The van der Waals surface area contributed by atoms with Crippen LogP contribution < -0.4 is 9.57 Å². The highest BCUT2D eigenvalue weighted by Gasteiger charge is 2.15. The number of carboxylic acids is 1. The van der Waals surface area contributed by atoms with Gasteiger partial charge in [-0.3, -0.25) is 4.84 Å². The molecule has 4 nitrogen and oxygen atoms in total. The standard InChI is InChI=1S/C14H13NO3/c1-2-18-15-9-4-3-8-13(15)11-6-5-7-12(10-11)14(16)17/h3-10H,2H2,1H3/p+1. The van der Waals surface area contributed by atoms with Gasteiger partial charge in [-0.05, 0) is 31.2 Å². The molecule has 0 radical (unpaired) electrons. The predicted octanol–water partition coefficient (Wildman–Crippen LogP) is 1.79. The van der Waals surface area contributed by atoms with Crippen LogP contribution in [0.4, 0.5) is 0 Å². The first-order chi connectivity index (χ1) is 8.72. The molecule has 0 atom stereocenters. The Labute approximate surface area is 105 Å². The first kappa shape index (κ1) is 12.1. The van der Waals surface area contributed by atoms with E-state index < -0.39 is 5.97 Å². The van der Waals surface area contributed by atoms with Gasteiger partial charge in [0, 0.05) is 16.9 Å². The molecule has 1 aromatic carbocycles. The highest BCUT2D eigenvalue weighted by atomic mass is 16.7. The van der Waals surface area contributed by atoms with Gasteiger partial charge in [0.2, 0.25) is 6.20 Å². The summed E-state index contributed by atoms with van der Waals surface area (Å²) in [6.45, 7) is 2.44. The predicted molar refractivity (Wildman–Crippen MR) is 66.2 cm³/mol. The fraction of sp³-hybridized carbons (Fsp3) is 0.143. The molecule has 1 N–H and O–H groups in total. The van der Waals surface area contributed by atoms with E-state index in [-0.39, 0.29) is 5.56 Å². The summed E-state index contributed by atoms with van der Waals surface area (Å²) in [5.41, 5.74) is 1.89. The number of carbonyl (C=O) groups is 1. The molecule has 0 aliphatic heterocycles. The zero-order chi connectivity index (χ0) is 13.0. The third-order valence-corrected chi connectivity index (χ3v) is 2.50. The molecule has 0 spiro atoms. The minimum absolute atomic E-state index is 0.263. The van der Waals surface area contributed by atoms with E-state index in [0.717, 1.165) is 11.3 Å². The second-order valence-electron chi connectivity index (χ2n) is 3.72. The highest BCUT2D eigenvalue weighted by molar-refractivity contribution is 5.89. The van der Waals surface area contributed by atoms with Gasteiger partial charge in [0.25, 0.3) is 5.69 Å². The summed E-state index contributed by atoms with van der Waals surface area (Å²) in [6, 6.07) is 12.4. The van der Waals surface area contributed by atoms with E-state index in [2.05, 4.69) is 0 Å². The van der Waals surface area contributed by atoms with Crippen molar-refractivity contribution in [2.45, 2.75) is 6.92 Å². The topological polar surface area (TPSA) is 50.4 Å². The van der Waals surface area contributed by atoms with E-state index in [1.54, 1.807) is 29.1 Å². The van der Waals surface area contributed by atoms with Gasteiger partial charge >= 0.3 is 5.97 Å². The molecule has 0 saturated heterocycles. The summed E-state index contributed by atoms with van der Waals surface area (Å²) in [7, 11) is 0. The maximum absolute atomic E-state index is 11.0. The molecule has 0 saturated carbocycles. The molecule has 2 rings (SSSR count). The van der Waals surface area contributed by atoms with Gasteiger partial charge in [0.05, 0.1) is 11.1 Å². The number of aromatic nitrogens is 1. The van der Waals surface area contributed by atoms with E-state index in [9.17, 15) is 4.79 Å². The van der Waals surface area contributed by atoms with Gasteiger partial charge in [-0.25, -0.2) is 4.79 Å². The number of pyridine rings is 1. The van der Waals surface area contributed by atoms with Gasteiger partial charge in [0.15, 0.2) is 6.61 Å². The summed E-state index contributed by atoms with van der Waals surface area (Å²) in [5.74, 6) is -0.934. The molecule has 1 aromatic heterocycles. The molecular weight excluding hydrogens is 230 g/mol. The van der Waals surface area contributed by atoms with Crippen molar-refractivity contribution in [3.8, 4) is 11.3 Å². The van der Waals surface area contributed by atoms with Gasteiger partial charge in [-0.1, -0.05) is 6.07 Å². The van der Waals surface area contributed by atoms with Crippen LogP contribution in [-0.4, -0.2) is 17.7 Å². The molecule has 0 amide bonds. The highest BCUT2D eigenvalue weighted by Crippen LogP contribution is 2.16. The molecule has 18 heavy (non-hydrogen) atoms. The van der Waals surface area contributed by atoms with Crippen molar-refractivity contribution in [3.05, 3.63) is 54.2 Å². The molecular formula is C14H14NO3+. The quantitative estimate of drug-likeness (QED) is 0.834. The zero-order valence-corrected chi connectivity index (χ0v) is 10.0. The van der Waals surface area contributed by atoms with Crippen LogP contribution in [0, 0.1) is 0 Å². The van der Waals surface area contributed by atoms with Crippen molar-refractivity contribution in [2.24, 2.45) is 0 Å². The molecule has 0 unspecified atom stereocenters. The van der Waals surface area contributed by atoms with Crippen molar-refractivity contribution in [1.29, 1.82) is 0 Å². The fourth-order valence-corrected chi connectivity index (χ4v) is 1.72. The number of hydrogen-bond acceptors (Lipinski definition) is 2. The van der Waals surface area contributed by atoms with Crippen molar-refractivity contribution in [3.63, 3.8) is 0 Å². The van der Waals surface area contributed by atoms with Crippen LogP contribution in [0.3, 0.4) is 0 Å². The van der Waals surface area contributed by atoms with Crippen molar-refractivity contribution in [2.75, 3.05) is 6.61 Å². The average Bonchev–Trinajstić information content (AvgIpc) is 2.40. The third kappa shape index (κ3) is 2.48. The smallest absolute Gasteiger partial charge is 0.335 e. The summed E-state index contributed by atoms with van der Waals surface area (Å²) in [5, 5.41) is 8.99. The van der Waals surface area contributed by atoms with Gasteiger partial charge in [-0.2, -0.15) is 0 Å². The first-order valence-corrected chi connectivity index (χ1v) is 5.70. The Morgan fingerprint density at radius 1 is 1.28 bits per heavy atom. The van der Waals surface area contributed by atoms with Crippen LogP contribution in [0.15, 0.2) is 48.7 Å². The van der Waals surface area contributed by atoms with Crippen LogP contribution in [0.2, 0.25) is 0 Å². The Morgan fingerprint density at radius 2 is 2.11 bits per heavy atom. The number of rotatable bonds is 4. The molecule has 2 aromatic rings. The monoisotopic (exact) mass is 244 g/mol. The molecule has 0 bridgehead atoms. The van der Waals surface area contributed by atoms with Crippen molar-refractivity contribution < 1.29 is 19.5 Å². The Morgan fingerprint density at radius 3 is 2.83 bits per heavy atom. The summed E-state index contributed by atoms with van der Waals surface area (Å²) in [6.07, 6.45) is 1.80. The van der Waals surface area contributed by atoms with Crippen molar-refractivity contribution in [1.82, 2.24) is 0 Å². The molecule has 1 heterocycles. The molecule has 0 fully saturated rings. The van der Waals surface area contributed by atoms with Crippen LogP contribution >= 0.6 is 0 Å². The Hall–Kier alpha value is -2.36. The van der Waals surface area contributed by atoms with Crippen LogP contribution in [-0.2, 0) is 0 Å². The van der Waals surface area contributed by atoms with Crippen LogP contribution in [0.25, 0.3) is 11.3 Å². The van der Waals surface area contributed by atoms with Gasteiger partial charge < -0.3 is 5.11 Å². The Kier molecular flexibility index (Phi) is 3.57. The number of benzene rings is 1. The molecule has 0 aliphatic carbocycles. The zero-order valence-electron chi connectivity index (χ0n) is 10.0. The summed E-state index contributed by atoms with van der Waals surface area (Å²) >= 11 is 0. The van der Waals surface area contributed by atoms with E-state index in [1.807, 2.05) is 31.2 Å². The number of nitrogens with zero attached hydrogens (tertiary/aromatic N) is 1. The van der Waals surface area contributed by atoms with Crippen molar-refractivity contribution >= 4 is 5.97 Å². The van der Waals surface area contributed by atoms with E-state index in [1.165, 1.54) is 0 Å². The van der Waals surface area contributed by atoms with Gasteiger partial charge in [0.1, 0.15) is 0 Å². The number of aromatic carboxylic acids is 1. The Balaban J connectivity index is 2.48. The number of hydrogen-bond donors (Lipinski definition) is 1. The molecule has 0 aliphatic rings. The number of carboxylic acid groups (broad SMARTS) is 1. The maximum Gasteiger partial charge on any atom is 0.335 e. The molecule has 4 heteroatoms. The Bertz CT molecular complexity index is 566. The van der Waals surface area contributed by atoms with E-state index >= 15 is 0 Å². The normalized spacial score (nSPS) is 10.1. The third-order valence-electron chi connectivity index (χ3n) is 2.50. The van der Waals surface area contributed by atoms with E-state index in [0.29, 0.717) is 6.61 Å². The van der Waals surface area contributed by atoms with E-state index in [4.69, 9.17) is 9.94 Å². The second kappa shape index (κ2) is 5.31. The molecule has 92 valence electrons. The lowest BCUT2D eigenvalue weighted by atomic mass is 10.1. The summed E-state index contributed by atoms with van der Waals surface area (Å²) < 4.78 is 1.64. The SMILES string of the molecule is CCO[n+]1ccccc1-c1cccc(C(=O)O)c1.